The maximum Gasteiger partial charge on any atom is 0.335 e. The molecule has 1 N–H and O–H groups in total. The summed E-state index contributed by atoms with van der Waals surface area (Å²) in [6.07, 6.45) is 5.13. The zero-order valence-corrected chi connectivity index (χ0v) is 25.4. The molecule has 3 aromatic heterocycles. The third kappa shape index (κ3) is 4.64. The zero-order chi connectivity index (χ0) is 31.0. The van der Waals surface area contributed by atoms with Crippen LogP contribution in [0.5, 0.6) is 11.5 Å². The van der Waals surface area contributed by atoms with Crippen molar-refractivity contribution >= 4 is 28.6 Å². The Labute approximate surface area is 263 Å². The summed E-state index contributed by atoms with van der Waals surface area (Å²) in [5.74, 6) is 0.523. The molecule has 8 rings (SSSR count). The monoisotopic (exact) mass is 628 g/mol. The number of hydrogen-bond acceptors (Lipinski definition) is 7. The second-order valence-corrected chi connectivity index (χ2v) is 12.6. The Morgan fingerprint density at radius 2 is 1.96 bits per heavy atom. The van der Waals surface area contributed by atoms with Gasteiger partial charge in [0.15, 0.2) is 17.3 Å². The van der Waals surface area contributed by atoms with Crippen molar-refractivity contribution in [2.75, 3.05) is 13.1 Å². The highest BCUT2D eigenvalue weighted by Gasteiger charge is 2.58. The summed E-state index contributed by atoms with van der Waals surface area (Å²) in [5.41, 5.74) is 3.26. The molecule has 45 heavy (non-hydrogen) atoms. The van der Waals surface area contributed by atoms with Gasteiger partial charge in [0, 0.05) is 44.5 Å². The summed E-state index contributed by atoms with van der Waals surface area (Å²) in [5, 5.41) is 10.1. The summed E-state index contributed by atoms with van der Waals surface area (Å²) in [6.45, 7) is 7.26. The number of likely N-dealkylation sites (tertiary alicyclic amines) is 1. The lowest BCUT2D eigenvalue weighted by Gasteiger charge is -2.23. The van der Waals surface area contributed by atoms with Crippen molar-refractivity contribution in [2.45, 2.75) is 45.2 Å². The number of ether oxygens (including phenoxy) is 2. The van der Waals surface area contributed by atoms with Crippen molar-refractivity contribution in [1.82, 2.24) is 29.0 Å². The Bertz CT molecular complexity index is 1960. The van der Waals surface area contributed by atoms with Gasteiger partial charge in [0.25, 0.3) is 5.79 Å². The van der Waals surface area contributed by atoms with Crippen LogP contribution in [0.2, 0.25) is 5.02 Å². The zero-order valence-electron chi connectivity index (χ0n) is 24.7. The number of hydrogen-bond donors (Lipinski definition) is 1. The average molecular weight is 629 g/mol. The number of nitrogens with zero attached hydrogens (tertiary/aromatic N) is 6. The Hall–Kier alpha value is -4.48. The van der Waals surface area contributed by atoms with Gasteiger partial charge in [-0.1, -0.05) is 23.7 Å². The molecule has 0 unspecified atom stereocenters. The van der Waals surface area contributed by atoms with Crippen LogP contribution < -0.4 is 9.47 Å². The molecule has 230 valence electrons. The lowest BCUT2D eigenvalue weighted by molar-refractivity contribution is -0.0721. The van der Waals surface area contributed by atoms with Crippen molar-refractivity contribution in [2.24, 2.45) is 11.8 Å². The van der Waals surface area contributed by atoms with Crippen LogP contribution >= 0.6 is 11.6 Å². The lowest BCUT2D eigenvalue weighted by Crippen LogP contribution is -2.32. The Kier molecular flexibility index (Phi) is 6.40. The Morgan fingerprint density at radius 3 is 2.69 bits per heavy atom. The number of aromatic nitrogens is 5. The minimum absolute atomic E-state index is 0.105. The third-order valence-electron chi connectivity index (χ3n) is 9.39. The van der Waals surface area contributed by atoms with E-state index in [0.29, 0.717) is 58.7 Å². The second-order valence-electron chi connectivity index (χ2n) is 12.1. The van der Waals surface area contributed by atoms with E-state index in [4.69, 9.17) is 26.1 Å². The summed E-state index contributed by atoms with van der Waals surface area (Å²) in [6, 6.07) is 12.2. The van der Waals surface area contributed by atoms with Gasteiger partial charge in [-0.3, -0.25) is 9.88 Å². The summed E-state index contributed by atoms with van der Waals surface area (Å²) in [7, 11) is 0. The molecular weight excluding hydrogens is 599 g/mol. The molecule has 12 heteroatoms. The SMILES string of the molecule is CCn1cncc1Cn1c(CN2C[C@@H]3[C@H](C2)[C@@H]3c2cccc3c2O[C@](C)(c2ccc(Cl)cn2)O3)nc2c(F)cc(C(=O)O)cc21. The van der Waals surface area contributed by atoms with Gasteiger partial charge >= 0.3 is 5.97 Å². The molecule has 0 amide bonds. The normalized spacial score (nSPS) is 23.5. The van der Waals surface area contributed by atoms with Crippen molar-refractivity contribution in [3.05, 3.63) is 100 Å². The fourth-order valence-electron chi connectivity index (χ4n) is 7.14. The van der Waals surface area contributed by atoms with Gasteiger partial charge in [-0.15, -0.1) is 0 Å². The predicted molar refractivity (Wildman–Crippen MR) is 163 cm³/mol. The molecule has 1 saturated carbocycles. The molecule has 4 atom stereocenters. The van der Waals surface area contributed by atoms with Gasteiger partial charge in [-0.25, -0.2) is 19.2 Å². The number of pyridine rings is 1. The minimum atomic E-state index is -1.18. The van der Waals surface area contributed by atoms with Crippen LogP contribution in [0.25, 0.3) is 11.0 Å². The third-order valence-corrected chi connectivity index (χ3v) is 9.61. The van der Waals surface area contributed by atoms with E-state index in [1.807, 2.05) is 41.2 Å². The van der Waals surface area contributed by atoms with E-state index in [9.17, 15) is 9.90 Å². The predicted octanol–water partition coefficient (Wildman–Crippen LogP) is 5.68. The fraction of sp³-hybridized carbons (Fsp3) is 0.333. The van der Waals surface area contributed by atoms with E-state index in [1.54, 1.807) is 24.8 Å². The number of para-hydroxylation sites is 1. The van der Waals surface area contributed by atoms with E-state index in [1.165, 1.54) is 6.07 Å². The van der Waals surface area contributed by atoms with Gasteiger partial charge in [-0.2, -0.15) is 0 Å². The maximum absolute atomic E-state index is 15.1. The van der Waals surface area contributed by atoms with Gasteiger partial charge in [0.05, 0.1) is 41.2 Å². The molecule has 0 bridgehead atoms. The van der Waals surface area contributed by atoms with E-state index >= 15 is 4.39 Å². The molecule has 5 aromatic rings. The number of rotatable bonds is 8. The van der Waals surface area contributed by atoms with E-state index in [2.05, 4.69) is 20.9 Å². The van der Waals surface area contributed by atoms with Crippen LogP contribution in [0.1, 0.15) is 52.9 Å². The highest BCUT2D eigenvalue weighted by Crippen LogP contribution is 2.62. The quantitative estimate of drug-likeness (QED) is 0.234. The smallest absolute Gasteiger partial charge is 0.335 e. The molecule has 1 saturated heterocycles. The summed E-state index contributed by atoms with van der Waals surface area (Å²) < 4.78 is 31.8. The number of carbonyl (C=O) groups is 1. The standard InChI is InChI=1S/C33H30ClFN6O4/c1-3-40-17-36-12-20(40)13-41-25-10-18(32(42)43)9-24(35)30(25)38-28(41)16-39-14-22-23(15-39)29(22)21-5-4-6-26-31(21)45-33(2,44-26)27-8-7-19(34)11-37-27/h4-12,17,22-23,29H,3,13-16H2,1-2H3,(H,42,43)/t22-,23+,29-,33-/m1/s1. The summed E-state index contributed by atoms with van der Waals surface area (Å²) >= 11 is 6.05. The van der Waals surface area contributed by atoms with Crippen molar-refractivity contribution in [3.8, 4) is 11.5 Å². The minimum Gasteiger partial charge on any atom is -0.478 e. The average Bonchev–Trinajstić information content (AvgIpc) is 3.51. The van der Waals surface area contributed by atoms with Crippen molar-refractivity contribution < 1.29 is 23.8 Å². The molecule has 3 aliphatic rings. The number of carboxylic acid groups (broad SMARTS) is 1. The Balaban J connectivity index is 1.04. The van der Waals surface area contributed by atoms with Gasteiger partial charge in [-0.05, 0) is 55.0 Å². The van der Waals surface area contributed by atoms with Crippen molar-refractivity contribution in [1.29, 1.82) is 0 Å². The van der Waals surface area contributed by atoms with Crippen LogP contribution in [-0.2, 0) is 25.4 Å². The second kappa shape index (κ2) is 10.3. The van der Waals surface area contributed by atoms with Crippen LogP contribution in [0.15, 0.2) is 61.2 Å². The van der Waals surface area contributed by atoms with Crippen LogP contribution in [0, 0.1) is 17.7 Å². The molecule has 2 fully saturated rings. The van der Waals surface area contributed by atoms with E-state index in [-0.39, 0.29) is 11.1 Å². The van der Waals surface area contributed by atoms with E-state index in [0.717, 1.165) is 42.7 Å². The van der Waals surface area contributed by atoms with Gasteiger partial charge in [0.2, 0.25) is 0 Å². The number of fused-ring (bicyclic) bond motifs is 3. The first-order valence-electron chi connectivity index (χ1n) is 15.0. The summed E-state index contributed by atoms with van der Waals surface area (Å²) in [4.78, 5) is 27.5. The molecule has 0 radical (unpaired) electrons. The number of piperidine rings is 1. The van der Waals surface area contributed by atoms with E-state index < -0.39 is 17.6 Å². The molecule has 2 aliphatic heterocycles. The number of imidazole rings is 2. The highest BCUT2D eigenvalue weighted by atomic mass is 35.5. The van der Waals surface area contributed by atoms with Crippen LogP contribution in [0.4, 0.5) is 4.39 Å². The maximum atomic E-state index is 15.1. The largest absolute Gasteiger partial charge is 0.478 e. The first-order chi connectivity index (χ1) is 21.7. The number of aryl methyl sites for hydroxylation is 1. The number of benzene rings is 2. The lowest BCUT2D eigenvalue weighted by atomic mass is 10.0. The molecule has 2 aromatic carbocycles. The number of aromatic carboxylic acids is 1. The molecule has 0 spiro atoms. The van der Waals surface area contributed by atoms with Crippen LogP contribution in [-0.4, -0.2) is 53.2 Å². The number of carboxylic acids is 1. The van der Waals surface area contributed by atoms with Gasteiger partial charge in [0.1, 0.15) is 17.0 Å². The molecule has 5 heterocycles. The topological polar surface area (TPSA) is 108 Å². The van der Waals surface area contributed by atoms with Gasteiger partial charge < -0.3 is 23.7 Å². The fourth-order valence-corrected chi connectivity index (χ4v) is 7.25. The van der Waals surface area contributed by atoms with Crippen LogP contribution in [0.3, 0.4) is 0 Å². The Morgan fingerprint density at radius 1 is 1.13 bits per heavy atom. The first-order valence-corrected chi connectivity index (χ1v) is 15.4. The highest BCUT2D eigenvalue weighted by molar-refractivity contribution is 6.30. The molecular formula is C33H30ClFN6O4. The van der Waals surface area contributed by atoms with Crippen molar-refractivity contribution in [3.63, 3.8) is 0 Å². The molecule has 1 aliphatic carbocycles. The first kappa shape index (κ1) is 28.0. The molecule has 10 nitrogen and oxygen atoms in total. The number of halogens is 2.